The minimum absolute atomic E-state index is 0.204. The van der Waals surface area contributed by atoms with Crippen LogP contribution in [0.4, 0.5) is 13.2 Å². The first-order chi connectivity index (χ1) is 6.49. The van der Waals surface area contributed by atoms with Gasteiger partial charge >= 0.3 is 6.18 Å². The number of halogens is 4. The number of ether oxygens (including phenoxy) is 1. The molecule has 78 valence electrons. The highest BCUT2D eigenvalue weighted by molar-refractivity contribution is 9.08. The normalized spacial score (nSPS) is 11.5. The van der Waals surface area contributed by atoms with Gasteiger partial charge in [-0.1, -0.05) is 15.9 Å². The largest absolute Gasteiger partial charge is 0.481 e. The van der Waals surface area contributed by atoms with Gasteiger partial charge in [0.15, 0.2) is 0 Å². The average molecular weight is 270 g/mol. The molecule has 2 nitrogen and oxygen atoms in total. The lowest BCUT2D eigenvalue weighted by atomic mass is 10.2. The van der Waals surface area contributed by atoms with Crippen molar-refractivity contribution in [1.82, 2.24) is 4.98 Å². The molecule has 0 radical (unpaired) electrons. The van der Waals surface area contributed by atoms with E-state index in [-0.39, 0.29) is 11.2 Å². The maximum Gasteiger partial charge on any atom is 0.417 e. The first kappa shape index (κ1) is 11.3. The predicted molar refractivity (Wildman–Crippen MR) is 48.4 cm³/mol. The molecule has 0 fully saturated rings. The summed E-state index contributed by atoms with van der Waals surface area (Å²) in [5.41, 5.74) is -0.393. The Balaban J connectivity index is 3.14. The van der Waals surface area contributed by atoms with Crippen LogP contribution >= 0.6 is 15.9 Å². The van der Waals surface area contributed by atoms with Gasteiger partial charge in [0.25, 0.3) is 0 Å². The van der Waals surface area contributed by atoms with E-state index in [0.29, 0.717) is 5.56 Å². The number of hydrogen-bond acceptors (Lipinski definition) is 2. The van der Waals surface area contributed by atoms with E-state index in [2.05, 4.69) is 20.9 Å². The summed E-state index contributed by atoms with van der Waals surface area (Å²) < 4.78 is 41.5. The second-order valence-corrected chi connectivity index (χ2v) is 3.08. The molecule has 0 bridgehead atoms. The zero-order chi connectivity index (χ0) is 10.8. The van der Waals surface area contributed by atoms with Gasteiger partial charge in [-0.25, -0.2) is 4.98 Å². The number of aromatic nitrogens is 1. The summed E-state index contributed by atoms with van der Waals surface area (Å²) in [6.45, 7) is 0. The average Bonchev–Trinajstić information content (AvgIpc) is 2.15. The van der Waals surface area contributed by atoms with Crippen LogP contribution in [0.15, 0.2) is 12.3 Å². The van der Waals surface area contributed by atoms with Crippen LogP contribution in [0.25, 0.3) is 0 Å². The summed E-state index contributed by atoms with van der Waals surface area (Å²) >= 11 is 3.06. The van der Waals surface area contributed by atoms with Gasteiger partial charge < -0.3 is 4.74 Å². The van der Waals surface area contributed by atoms with Crippen LogP contribution in [0, 0.1) is 0 Å². The molecule has 1 heterocycles. The van der Waals surface area contributed by atoms with Gasteiger partial charge in [-0.2, -0.15) is 13.2 Å². The number of alkyl halides is 4. The van der Waals surface area contributed by atoms with Crippen LogP contribution in [0.3, 0.4) is 0 Å². The summed E-state index contributed by atoms with van der Waals surface area (Å²) in [6.07, 6.45) is -3.61. The van der Waals surface area contributed by atoms with Gasteiger partial charge in [0.2, 0.25) is 5.88 Å². The van der Waals surface area contributed by atoms with Crippen molar-refractivity contribution < 1.29 is 17.9 Å². The molecule has 0 unspecified atom stereocenters. The van der Waals surface area contributed by atoms with E-state index < -0.39 is 11.7 Å². The standard InChI is InChI=1S/C8H7BrF3NO/c1-14-7-5(3-9)2-6(4-13-7)8(10,11)12/h2,4H,3H2,1H3. The highest BCUT2D eigenvalue weighted by atomic mass is 79.9. The summed E-state index contributed by atoms with van der Waals surface area (Å²) in [7, 11) is 1.36. The summed E-state index contributed by atoms with van der Waals surface area (Å²) in [6, 6.07) is 1.01. The monoisotopic (exact) mass is 269 g/mol. The number of methoxy groups -OCH3 is 1. The third-order valence-electron chi connectivity index (χ3n) is 1.59. The summed E-state index contributed by atoms with van der Waals surface area (Å²) in [4.78, 5) is 3.56. The Labute approximate surface area is 87.2 Å². The van der Waals surface area contributed by atoms with E-state index >= 15 is 0 Å². The fourth-order valence-electron chi connectivity index (χ4n) is 0.932. The molecule has 6 heteroatoms. The smallest absolute Gasteiger partial charge is 0.417 e. The quantitative estimate of drug-likeness (QED) is 0.771. The molecule has 0 N–H and O–H groups in total. The van der Waals surface area contributed by atoms with Crippen molar-refractivity contribution in [2.45, 2.75) is 11.5 Å². The highest BCUT2D eigenvalue weighted by Crippen LogP contribution is 2.31. The Kier molecular flexibility index (Phi) is 3.36. The van der Waals surface area contributed by atoms with Gasteiger partial charge in [-0.15, -0.1) is 0 Å². The number of hydrogen-bond donors (Lipinski definition) is 0. The molecule has 0 saturated carbocycles. The molecule has 1 aromatic rings. The molecule has 0 aromatic carbocycles. The summed E-state index contributed by atoms with van der Waals surface area (Å²) in [5.74, 6) is 0.204. The van der Waals surface area contributed by atoms with Crippen molar-refractivity contribution in [2.75, 3.05) is 7.11 Å². The fraction of sp³-hybridized carbons (Fsp3) is 0.375. The van der Waals surface area contributed by atoms with E-state index in [0.717, 1.165) is 12.3 Å². The van der Waals surface area contributed by atoms with Crippen molar-refractivity contribution >= 4 is 15.9 Å². The SMILES string of the molecule is COc1ncc(C(F)(F)F)cc1CBr. The maximum absolute atomic E-state index is 12.2. The van der Waals surface area contributed by atoms with Crippen molar-refractivity contribution in [1.29, 1.82) is 0 Å². The molecule has 14 heavy (non-hydrogen) atoms. The van der Waals surface area contributed by atoms with Crippen LogP contribution < -0.4 is 4.74 Å². The van der Waals surface area contributed by atoms with E-state index in [1.807, 2.05) is 0 Å². The molecule has 0 amide bonds. The van der Waals surface area contributed by atoms with E-state index in [1.165, 1.54) is 7.11 Å². The third-order valence-corrected chi connectivity index (χ3v) is 2.19. The van der Waals surface area contributed by atoms with Crippen LogP contribution in [-0.4, -0.2) is 12.1 Å². The van der Waals surface area contributed by atoms with Gasteiger partial charge in [0.1, 0.15) is 0 Å². The van der Waals surface area contributed by atoms with Crippen molar-refractivity contribution in [3.63, 3.8) is 0 Å². The number of nitrogens with zero attached hydrogens (tertiary/aromatic N) is 1. The Bertz CT molecular complexity index is 327. The second-order valence-electron chi connectivity index (χ2n) is 2.52. The Morgan fingerprint density at radius 3 is 2.57 bits per heavy atom. The van der Waals surface area contributed by atoms with Crippen LogP contribution in [-0.2, 0) is 11.5 Å². The molecule has 0 aliphatic rings. The van der Waals surface area contributed by atoms with Gasteiger partial charge in [0, 0.05) is 17.1 Å². The Morgan fingerprint density at radius 1 is 1.50 bits per heavy atom. The van der Waals surface area contributed by atoms with Crippen LogP contribution in [0.5, 0.6) is 5.88 Å². The molecule has 1 rings (SSSR count). The summed E-state index contributed by atoms with van der Waals surface area (Å²) in [5, 5.41) is 0.271. The number of rotatable bonds is 2. The molecule has 0 aliphatic carbocycles. The lowest BCUT2D eigenvalue weighted by Crippen LogP contribution is -2.07. The lowest BCUT2D eigenvalue weighted by Gasteiger charge is -2.09. The van der Waals surface area contributed by atoms with Crippen molar-refractivity contribution in [2.24, 2.45) is 0 Å². The fourth-order valence-corrected chi connectivity index (χ4v) is 1.33. The predicted octanol–water partition coefficient (Wildman–Crippen LogP) is 3.00. The van der Waals surface area contributed by atoms with Gasteiger partial charge in [-0.3, -0.25) is 0 Å². The Hall–Kier alpha value is -0.780. The van der Waals surface area contributed by atoms with Crippen LogP contribution in [0.2, 0.25) is 0 Å². The molecule has 1 aromatic heterocycles. The Morgan fingerprint density at radius 2 is 2.14 bits per heavy atom. The van der Waals surface area contributed by atoms with Gasteiger partial charge in [0.05, 0.1) is 12.7 Å². The van der Waals surface area contributed by atoms with E-state index in [1.54, 1.807) is 0 Å². The third kappa shape index (κ3) is 2.37. The molecule has 0 aliphatic heterocycles. The minimum Gasteiger partial charge on any atom is -0.481 e. The maximum atomic E-state index is 12.2. The van der Waals surface area contributed by atoms with Gasteiger partial charge in [-0.05, 0) is 6.07 Å². The highest BCUT2D eigenvalue weighted by Gasteiger charge is 2.31. The topological polar surface area (TPSA) is 22.1 Å². The first-order valence-corrected chi connectivity index (χ1v) is 4.77. The molecular weight excluding hydrogens is 263 g/mol. The minimum atomic E-state index is -4.36. The first-order valence-electron chi connectivity index (χ1n) is 3.65. The zero-order valence-corrected chi connectivity index (χ0v) is 8.82. The van der Waals surface area contributed by atoms with Crippen molar-refractivity contribution in [3.8, 4) is 5.88 Å². The van der Waals surface area contributed by atoms with E-state index in [9.17, 15) is 13.2 Å². The van der Waals surface area contributed by atoms with Crippen molar-refractivity contribution in [3.05, 3.63) is 23.4 Å². The molecular formula is C8H7BrF3NO. The number of pyridine rings is 1. The molecule has 0 spiro atoms. The lowest BCUT2D eigenvalue weighted by molar-refractivity contribution is -0.137. The zero-order valence-electron chi connectivity index (χ0n) is 7.23. The van der Waals surface area contributed by atoms with E-state index in [4.69, 9.17) is 4.74 Å². The molecule has 0 saturated heterocycles. The molecule has 0 atom stereocenters. The second kappa shape index (κ2) is 4.16. The van der Waals surface area contributed by atoms with Crippen LogP contribution in [0.1, 0.15) is 11.1 Å².